The average Bonchev–Trinajstić information content (AvgIpc) is 3.37. The molecular formula is C30H31FN4O5. The lowest BCUT2D eigenvalue weighted by atomic mass is 9.95. The van der Waals surface area contributed by atoms with Gasteiger partial charge in [0.15, 0.2) is 12.1 Å². The summed E-state index contributed by atoms with van der Waals surface area (Å²) in [5.41, 5.74) is 4.71. The molecule has 2 aromatic heterocycles. The Morgan fingerprint density at radius 2 is 1.95 bits per heavy atom. The van der Waals surface area contributed by atoms with Gasteiger partial charge in [0, 0.05) is 24.2 Å². The number of rotatable bonds is 8. The molecule has 2 aliphatic rings. The molecule has 40 heavy (non-hydrogen) atoms. The number of halogens is 1. The number of pyridine rings is 1. The van der Waals surface area contributed by atoms with Crippen LogP contribution in [-0.4, -0.2) is 62.8 Å². The van der Waals surface area contributed by atoms with Crippen molar-refractivity contribution in [1.82, 2.24) is 19.7 Å². The third kappa shape index (κ3) is 4.84. The van der Waals surface area contributed by atoms with Crippen molar-refractivity contribution >= 4 is 0 Å². The lowest BCUT2D eigenvalue weighted by Gasteiger charge is -2.40. The van der Waals surface area contributed by atoms with E-state index in [1.54, 1.807) is 6.07 Å². The van der Waals surface area contributed by atoms with Gasteiger partial charge >= 0.3 is 0 Å². The average molecular weight is 547 g/mol. The number of hydrogen-bond donors (Lipinski definition) is 2. The Morgan fingerprint density at radius 1 is 1.12 bits per heavy atom. The second-order valence-corrected chi connectivity index (χ2v) is 10.1. The normalized spacial score (nSPS) is 15.7. The molecular weight excluding hydrogens is 515 g/mol. The van der Waals surface area contributed by atoms with Crippen molar-refractivity contribution in [2.24, 2.45) is 0 Å². The van der Waals surface area contributed by atoms with Gasteiger partial charge in [-0.2, -0.15) is 9.78 Å². The van der Waals surface area contributed by atoms with Gasteiger partial charge in [0.1, 0.15) is 18.2 Å². The van der Waals surface area contributed by atoms with Gasteiger partial charge in [-0.1, -0.05) is 30.3 Å². The molecule has 2 aromatic carbocycles. The second kappa shape index (κ2) is 11.0. The minimum Gasteiger partial charge on any atom is -0.488 e. The van der Waals surface area contributed by atoms with Gasteiger partial charge in [0.05, 0.1) is 43.8 Å². The molecule has 2 N–H and O–H groups in total. The summed E-state index contributed by atoms with van der Waals surface area (Å²) in [6.45, 7) is 5.10. The summed E-state index contributed by atoms with van der Waals surface area (Å²) in [5.74, 6) is 1.02. The Morgan fingerprint density at radius 3 is 2.70 bits per heavy atom. The van der Waals surface area contributed by atoms with Crippen molar-refractivity contribution in [2.45, 2.75) is 38.8 Å². The van der Waals surface area contributed by atoms with Gasteiger partial charge in [0.2, 0.25) is 5.88 Å². The maximum absolute atomic E-state index is 15.6. The molecule has 10 heteroatoms. The number of para-hydroxylation sites is 1. The smallest absolute Gasteiger partial charge is 0.226 e. The van der Waals surface area contributed by atoms with Gasteiger partial charge in [-0.25, -0.2) is 9.37 Å². The predicted molar refractivity (Wildman–Crippen MR) is 145 cm³/mol. The molecule has 0 unspecified atom stereocenters. The van der Waals surface area contributed by atoms with Crippen molar-refractivity contribution in [1.29, 1.82) is 0 Å². The van der Waals surface area contributed by atoms with Crippen molar-refractivity contribution in [2.75, 3.05) is 26.9 Å². The largest absolute Gasteiger partial charge is 0.488 e. The van der Waals surface area contributed by atoms with E-state index < -0.39 is 6.29 Å². The van der Waals surface area contributed by atoms with Crippen LogP contribution in [-0.2, 0) is 24.3 Å². The molecule has 2 aliphatic heterocycles. The first-order valence-corrected chi connectivity index (χ1v) is 13.2. The molecule has 0 aliphatic carbocycles. The van der Waals surface area contributed by atoms with E-state index in [-0.39, 0.29) is 23.9 Å². The number of aromatic nitrogens is 3. The summed E-state index contributed by atoms with van der Waals surface area (Å²) in [6.07, 6.45) is 0.263. The lowest BCUT2D eigenvalue weighted by molar-refractivity contribution is -0.0696. The van der Waals surface area contributed by atoms with Crippen LogP contribution in [0.5, 0.6) is 11.6 Å². The first-order chi connectivity index (χ1) is 19.4. The number of benzene rings is 2. The first kappa shape index (κ1) is 26.4. The molecule has 4 aromatic rings. The summed E-state index contributed by atoms with van der Waals surface area (Å²) in [6, 6.07) is 15.4. The molecule has 0 atom stereocenters. The van der Waals surface area contributed by atoms with Gasteiger partial charge in [0.25, 0.3) is 0 Å². The zero-order valence-corrected chi connectivity index (χ0v) is 22.4. The molecule has 1 saturated heterocycles. The number of aryl methyl sites for hydroxylation is 1. The highest BCUT2D eigenvalue weighted by Crippen LogP contribution is 2.35. The fourth-order valence-electron chi connectivity index (χ4n) is 5.32. The molecule has 9 nitrogen and oxygen atoms in total. The third-order valence-corrected chi connectivity index (χ3v) is 7.61. The summed E-state index contributed by atoms with van der Waals surface area (Å²) >= 11 is 0. The third-order valence-electron chi connectivity index (χ3n) is 7.61. The van der Waals surface area contributed by atoms with E-state index in [2.05, 4.69) is 10.00 Å². The molecule has 208 valence electrons. The Bertz CT molecular complexity index is 1530. The zero-order valence-electron chi connectivity index (χ0n) is 22.4. The standard InChI is InChI=1S/C30H31FN4O5/c1-18-5-3-6-23(25-7-4-8-26(33-25)35-29(38-2)24(13-32-35)30(36)37)28(18)40-15-20-10-9-19-14-34(21-16-39-17-21)12-11-22(19)27(20)31/h3-10,13,21,30,36-37H,11-12,14-17H2,1-2H3. The van der Waals surface area contributed by atoms with E-state index in [0.717, 1.165) is 48.6 Å². The monoisotopic (exact) mass is 546 g/mol. The van der Waals surface area contributed by atoms with Gasteiger partial charge in [-0.15, -0.1) is 0 Å². The van der Waals surface area contributed by atoms with E-state index >= 15 is 4.39 Å². The van der Waals surface area contributed by atoms with Crippen LogP contribution in [0.3, 0.4) is 0 Å². The van der Waals surface area contributed by atoms with Gasteiger partial charge < -0.3 is 24.4 Å². The lowest BCUT2D eigenvalue weighted by Crippen LogP contribution is -2.50. The van der Waals surface area contributed by atoms with Crippen LogP contribution in [0.1, 0.15) is 34.1 Å². The molecule has 6 rings (SSSR count). The summed E-state index contributed by atoms with van der Waals surface area (Å²) in [4.78, 5) is 7.12. The highest BCUT2D eigenvalue weighted by atomic mass is 19.1. The summed E-state index contributed by atoms with van der Waals surface area (Å²) in [5, 5.41) is 23.5. The molecule has 0 saturated carbocycles. The summed E-state index contributed by atoms with van der Waals surface area (Å²) < 4.78 is 33.9. The molecule has 1 fully saturated rings. The fraction of sp³-hybridized carbons (Fsp3) is 0.333. The van der Waals surface area contributed by atoms with E-state index in [0.29, 0.717) is 35.3 Å². The molecule has 0 bridgehead atoms. The molecule has 0 radical (unpaired) electrons. The predicted octanol–water partition coefficient (Wildman–Crippen LogP) is 3.71. The van der Waals surface area contributed by atoms with E-state index in [4.69, 9.17) is 19.2 Å². The van der Waals surface area contributed by atoms with Crippen LogP contribution >= 0.6 is 0 Å². The second-order valence-electron chi connectivity index (χ2n) is 10.1. The maximum Gasteiger partial charge on any atom is 0.226 e. The van der Waals surface area contributed by atoms with Crippen molar-refractivity contribution < 1.29 is 28.8 Å². The zero-order chi connectivity index (χ0) is 27.8. The number of hydrogen-bond acceptors (Lipinski definition) is 8. The highest BCUT2D eigenvalue weighted by Gasteiger charge is 2.30. The van der Waals surface area contributed by atoms with Crippen LogP contribution in [0, 0.1) is 12.7 Å². The molecule has 0 amide bonds. The van der Waals surface area contributed by atoms with Crippen molar-refractivity contribution in [3.8, 4) is 28.7 Å². The number of aliphatic hydroxyl groups excluding tert-OH is 1. The Balaban J connectivity index is 1.26. The topological polar surface area (TPSA) is 102 Å². The maximum atomic E-state index is 15.6. The Labute approximate surface area is 231 Å². The minimum absolute atomic E-state index is 0.0849. The number of nitrogens with zero attached hydrogens (tertiary/aromatic N) is 4. The minimum atomic E-state index is -1.73. The number of methoxy groups -OCH3 is 1. The SMILES string of the molecule is COc1c(C(O)O)cnn1-c1cccc(-c2cccc(C)c2OCc2ccc3c(c2F)CCN(C2COC2)C3)n1. The number of aliphatic hydroxyl groups is 2. The quantitative estimate of drug-likeness (QED) is 0.323. The number of ether oxygens (including phenoxy) is 3. The van der Waals surface area contributed by atoms with Gasteiger partial charge in [-0.3, -0.25) is 4.90 Å². The van der Waals surface area contributed by atoms with Crippen LogP contribution in [0.25, 0.3) is 17.1 Å². The first-order valence-electron chi connectivity index (χ1n) is 13.2. The Hall–Kier alpha value is -3.83. The van der Waals surface area contributed by atoms with Crippen LogP contribution in [0.4, 0.5) is 4.39 Å². The van der Waals surface area contributed by atoms with Crippen LogP contribution in [0.15, 0.2) is 54.7 Å². The summed E-state index contributed by atoms with van der Waals surface area (Å²) in [7, 11) is 1.43. The number of fused-ring (bicyclic) bond motifs is 1. The Kier molecular flexibility index (Phi) is 7.24. The molecule has 0 spiro atoms. The van der Waals surface area contributed by atoms with Crippen LogP contribution < -0.4 is 9.47 Å². The van der Waals surface area contributed by atoms with Crippen molar-refractivity contribution in [3.05, 3.63) is 88.4 Å². The van der Waals surface area contributed by atoms with E-state index in [1.165, 1.54) is 18.0 Å². The van der Waals surface area contributed by atoms with E-state index in [1.807, 2.05) is 49.4 Å². The molecule has 4 heterocycles. The fourth-order valence-corrected chi connectivity index (χ4v) is 5.32. The van der Waals surface area contributed by atoms with E-state index in [9.17, 15) is 10.2 Å². The van der Waals surface area contributed by atoms with Crippen molar-refractivity contribution in [3.63, 3.8) is 0 Å². The van der Waals surface area contributed by atoms with Gasteiger partial charge in [-0.05, 0) is 48.2 Å². The highest BCUT2D eigenvalue weighted by molar-refractivity contribution is 5.69. The van der Waals surface area contributed by atoms with Crippen LogP contribution in [0.2, 0.25) is 0 Å².